The third-order valence-corrected chi connectivity index (χ3v) is 5.54. The van der Waals surface area contributed by atoms with Crippen molar-refractivity contribution in [2.45, 2.75) is 32.6 Å². The van der Waals surface area contributed by atoms with Crippen molar-refractivity contribution in [3.8, 4) is 28.3 Å². The van der Waals surface area contributed by atoms with Gasteiger partial charge in [-0.2, -0.15) is 5.26 Å². The molecule has 0 aliphatic heterocycles. The van der Waals surface area contributed by atoms with Crippen molar-refractivity contribution in [2.75, 3.05) is 0 Å². The summed E-state index contributed by atoms with van der Waals surface area (Å²) in [5, 5.41) is 19.8. The SMILES string of the molecule is CCCc1ccc2c(c1)CCc1cc(C(=O)O)c(-c3ccccc3F)c(C#N)c1-2. The number of carboxylic acids is 1. The number of fused-ring (bicyclic) bond motifs is 3. The average Bonchev–Trinajstić information content (AvgIpc) is 2.72. The second kappa shape index (κ2) is 7.52. The molecule has 1 aliphatic carbocycles. The van der Waals surface area contributed by atoms with E-state index in [4.69, 9.17) is 0 Å². The van der Waals surface area contributed by atoms with Crippen LogP contribution in [0.3, 0.4) is 0 Å². The van der Waals surface area contributed by atoms with Gasteiger partial charge in [-0.15, -0.1) is 0 Å². The molecular formula is C25H20FNO2. The molecule has 0 aromatic heterocycles. The van der Waals surface area contributed by atoms with Crippen LogP contribution in [-0.4, -0.2) is 11.1 Å². The molecule has 0 saturated heterocycles. The molecule has 144 valence electrons. The summed E-state index contributed by atoms with van der Waals surface area (Å²) in [6, 6.07) is 16.1. The van der Waals surface area contributed by atoms with Crippen LogP contribution in [0.4, 0.5) is 4.39 Å². The van der Waals surface area contributed by atoms with Gasteiger partial charge in [-0.25, -0.2) is 9.18 Å². The lowest BCUT2D eigenvalue weighted by molar-refractivity contribution is 0.0697. The van der Waals surface area contributed by atoms with Crippen molar-refractivity contribution in [1.82, 2.24) is 0 Å². The Morgan fingerprint density at radius 1 is 1.07 bits per heavy atom. The van der Waals surface area contributed by atoms with E-state index in [1.54, 1.807) is 18.2 Å². The van der Waals surface area contributed by atoms with Gasteiger partial charge in [0.2, 0.25) is 0 Å². The summed E-state index contributed by atoms with van der Waals surface area (Å²) in [7, 11) is 0. The minimum atomic E-state index is -1.16. The van der Waals surface area contributed by atoms with E-state index in [0.717, 1.165) is 41.5 Å². The number of nitriles is 1. The Balaban J connectivity index is 2.05. The quantitative estimate of drug-likeness (QED) is 0.619. The van der Waals surface area contributed by atoms with E-state index in [-0.39, 0.29) is 22.3 Å². The van der Waals surface area contributed by atoms with Gasteiger partial charge in [0.05, 0.1) is 11.1 Å². The Morgan fingerprint density at radius 2 is 1.83 bits per heavy atom. The molecule has 0 amide bonds. The Bertz CT molecular complexity index is 1170. The second-order valence-corrected chi connectivity index (χ2v) is 7.35. The van der Waals surface area contributed by atoms with E-state index in [1.165, 1.54) is 17.7 Å². The van der Waals surface area contributed by atoms with Crippen LogP contribution in [0.2, 0.25) is 0 Å². The summed E-state index contributed by atoms with van der Waals surface area (Å²) < 4.78 is 14.6. The first kappa shape index (κ1) is 18.9. The van der Waals surface area contributed by atoms with E-state index >= 15 is 0 Å². The number of rotatable bonds is 4. The van der Waals surface area contributed by atoms with Gasteiger partial charge in [-0.3, -0.25) is 0 Å². The van der Waals surface area contributed by atoms with Crippen LogP contribution in [0.25, 0.3) is 22.3 Å². The van der Waals surface area contributed by atoms with Gasteiger partial charge in [0.15, 0.2) is 0 Å². The fraction of sp³-hybridized carbons (Fsp3) is 0.200. The number of aromatic carboxylic acids is 1. The lowest BCUT2D eigenvalue weighted by atomic mass is 9.78. The molecule has 3 nitrogen and oxygen atoms in total. The second-order valence-electron chi connectivity index (χ2n) is 7.35. The van der Waals surface area contributed by atoms with E-state index < -0.39 is 11.8 Å². The van der Waals surface area contributed by atoms with Gasteiger partial charge >= 0.3 is 5.97 Å². The molecule has 0 radical (unpaired) electrons. The maximum Gasteiger partial charge on any atom is 0.336 e. The molecular weight excluding hydrogens is 365 g/mol. The van der Waals surface area contributed by atoms with Crippen molar-refractivity contribution in [2.24, 2.45) is 0 Å². The third-order valence-electron chi connectivity index (χ3n) is 5.54. The molecule has 1 N–H and O–H groups in total. The third kappa shape index (κ3) is 3.19. The molecule has 0 atom stereocenters. The number of halogens is 1. The Morgan fingerprint density at radius 3 is 2.52 bits per heavy atom. The molecule has 0 heterocycles. The first-order valence-corrected chi connectivity index (χ1v) is 9.75. The summed E-state index contributed by atoms with van der Waals surface area (Å²) in [5.74, 6) is -1.70. The summed E-state index contributed by atoms with van der Waals surface area (Å²) in [5.41, 5.74) is 5.41. The van der Waals surface area contributed by atoms with Crippen molar-refractivity contribution >= 4 is 5.97 Å². The molecule has 3 aromatic carbocycles. The van der Waals surface area contributed by atoms with Gasteiger partial charge in [0.25, 0.3) is 0 Å². The summed E-state index contributed by atoms with van der Waals surface area (Å²) >= 11 is 0. The van der Waals surface area contributed by atoms with Crippen molar-refractivity contribution < 1.29 is 14.3 Å². The van der Waals surface area contributed by atoms with Gasteiger partial charge in [-0.05, 0) is 53.6 Å². The lowest BCUT2D eigenvalue weighted by Crippen LogP contribution is -2.12. The van der Waals surface area contributed by atoms with Crippen LogP contribution in [0.1, 0.15) is 46.0 Å². The molecule has 4 heteroatoms. The molecule has 3 aromatic rings. The number of aryl methyl sites for hydroxylation is 3. The molecule has 0 fully saturated rings. The number of benzene rings is 3. The Labute approximate surface area is 169 Å². The average molecular weight is 385 g/mol. The zero-order valence-corrected chi connectivity index (χ0v) is 16.1. The maximum atomic E-state index is 14.6. The summed E-state index contributed by atoms with van der Waals surface area (Å²) in [4.78, 5) is 12.0. The Kier molecular flexibility index (Phi) is 4.90. The van der Waals surface area contributed by atoms with Gasteiger partial charge in [-0.1, -0.05) is 49.7 Å². The predicted molar refractivity (Wildman–Crippen MR) is 110 cm³/mol. The fourth-order valence-electron chi connectivity index (χ4n) is 4.28. The highest BCUT2D eigenvalue weighted by molar-refractivity contribution is 6.01. The molecule has 1 aliphatic rings. The standard InChI is InChI=1S/C25H20FNO2/c1-2-5-15-8-11-18-16(12-15)9-10-17-13-20(25(28)29)24(21(14-27)23(17)18)19-6-3-4-7-22(19)26/h3-4,6-8,11-13H,2,5,9-10H2,1H3,(H,28,29). The highest BCUT2D eigenvalue weighted by atomic mass is 19.1. The van der Waals surface area contributed by atoms with E-state index in [2.05, 4.69) is 25.1 Å². The van der Waals surface area contributed by atoms with Gasteiger partial charge in [0.1, 0.15) is 11.9 Å². The minimum absolute atomic E-state index is 0.0311. The van der Waals surface area contributed by atoms with Crippen molar-refractivity contribution in [3.63, 3.8) is 0 Å². The monoisotopic (exact) mass is 385 g/mol. The maximum absolute atomic E-state index is 14.6. The molecule has 29 heavy (non-hydrogen) atoms. The van der Waals surface area contributed by atoms with Crippen molar-refractivity contribution in [1.29, 1.82) is 5.26 Å². The number of carboxylic acid groups (broad SMARTS) is 1. The van der Waals surface area contributed by atoms with Crippen LogP contribution in [-0.2, 0) is 19.3 Å². The number of hydrogen-bond acceptors (Lipinski definition) is 2. The highest BCUT2D eigenvalue weighted by Gasteiger charge is 2.28. The first-order valence-electron chi connectivity index (χ1n) is 9.75. The zero-order valence-electron chi connectivity index (χ0n) is 16.1. The van der Waals surface area contributed by atoms with E-state index in [0.29, 0.717) is 6.42 Å². The number of nitrogens with zero attached hydrogens (tertiary/aromatic N) is 1. The largest absolute Gasteiger partial charge is 0.478 e. The smallest absolute Gasteiger partial charge is 0.336 e. The minimum Gasteiger partial charge on any atom is -0.478 e. The van der Waals surface area contributed by atoms with Crippen LogP contribution >= 0.6 is 0 Å². The van der Waals surface area contributed by atoms with E-state index in [9.17, 15) is 19.6 Å². The highest BCUT2D eigenvalue weighted by Crippen LogP contribution is 2.42. The topological polar surface area (TPSA) is 61.1 Å². The molecule has 0 unspecified atom stereocenters. The van der Waals surface area contributed by atoms with E-state index in [1.807, 2.05) is 6.07 Å². The van der Waals surface area contributed by atoms with Crippen LogP contribution in [0.15, 0.2) is 48.5 Å². The fourth-order valence-corrected chi connectivity index (χ4v) is 4.28. The first-order chi connectivity index (χ1) is 14.0. The zero-order chi connectivity index (χ0) is 20.5. The molecule has 0 spiro atoms. The summed E-state index contributed by atoms with van der Waals surface area (Å²) in [6.45, 7) is 2.14. The Hall–Kier alpha value is -3.45. The number of hydrogen-bond donors (Lipinski definition) is 1. The number of carbonyl (C=O) groups is 1. The van der Waals surface area contributed by atoms with Gasteiger partial charge in [0, 0.05) is 16.7 Å². The molecule has 4 rings (SSSR count). The van der Waals surface area contributed by atoms with Crippen LogP contribution in [0.5, 0.6) is 0 Å². The van der Waals surface area contributed by atoms with Gasteiger partial charge < -0.3 is 5.11 Å². The van der Waals surface area contributed by atoms with Crippen molar-refractivity contribution in [3.05, 3.63) is 82.2 Å². The normalized spacial score (nSPS) is 12.0. The molecule has 0 bridgehead atoms. The molecule has 0 saturated carbocycles. The summed E-state index contributed by atoms with van der Waals surface area (Å²) in [6.07, 6.45) is 3.50. The lowest BCUT2D eigenvalue weighted by Gasteiger charge is -2.24. The van der Waals surface area contributed by atoms with Crippen LogP contribution in [0, 0.1) is 17.1 Å². The predicted octanol–water partition coefficient (Wildman–Crippen LogP) is 5.78. The van der Waals surface area contributed by atoms with Crippen LogP contribution < -0.4 is 0 Å².